The van der Waals surface area contributed by atoms with Gasteiger partial charge in [0.25, 0.3) is 8.32 Å². The molecule has 2 unspecified atom stereocenters. The first-order valence-corrected chi connectivity index (χ1v) is 13.8. The van der Waals surface area contributed by atoms with E-state index >= 15 is 0 Å². The zero-order chi connectivity index (χ0) is 20.3. The van der Waals surface area contributed by atoms with Crippen molar-refractivity contribution in [2.75, 3.05) is 0 Å². The van der Waals surface area contributed by atoms with Crippen LogP contribution in [-0.4, -0.2) is 17.3 Å². The van der Waals surface area contributed by atoms with E-state index in [0.717, 1.165) is 10.9 Å². The fourth-order valence-corrected chi connectivity index (χ4v) is 3.77. The summed E-state index contributed by atoms with van der Waals surface area (Å²) < 4.78 is 21.5. The van der Waals surface area contributed by atoms with Crippen LogP contribution in [0, 0.1) is 12.0 Å². The Bertz CT molecular complexity index is 887. The van der Waals surface area contributed by atoms with E-state index in [2.05, 4.69) is 73.6 Å². The van der Waals surface area contributed by atoms with Gasteiger partial charge in [0.1, 0.15) is 0 Å². The predicted octanol–water partition coefficient (Wildman–Crippen LogP) is 5.31. The maximum atomic E-state index is 12.8. The highest BCUT2D eigenvalue weighted by Gasteiger charge is 2.32. The molecule has 2 aromatic rings. The van der Waals surface area contributed by atoms with Crippen LogP contribution < -0.4 is 4.72 Å². The summed E-state index contributed by atoms with van der Waals surface area (Å²) in [5.74, 6) is 3.15. The summed E-state index contributed by atoms with van der Waals surface area (Å²) >= 11 is 0. The van der Waals surface area contributed by atoms with E-state index in [0.29, 0.717) is 6.42 Å². The van der Waals surface area contributed by atoms with Gasteiger partial charge in [-0.05, 0) is 69.7 Å². The quantitative estimate of drug-likeness (QED) is 0.545. The Morgan fingerprint density at radius 1 is 1.04 bits per heavy atom. The lowest BCUT2D eigenvalue weighted by Gasteiger charge is -2.32. The second-order valence-electron chi connectivity index (χ2n) is 9.05. The Balaban J connectivity index is 2.39. The van der Waals surface area contributed by atoms with E-state index in [9.17, 15) is 4.21 Å². The van der Waals surface area contributed by atoms with Crippen LogP contribution in [0.2, 0.25) is 19.6 Å². The minimum Gasteiger partial charge on any atom is -0.501 e. The van der Waals surface area contributed by atoms with Gasteiger partial charge < -0.3 is 4.43 Å². The van der Waals surface area contributed by atoms with Crippen molar-refractivity contribution in [2.24, 2.45) is 0 Å². The van der Waals surface area contributed by atoms with Gasteiger partial charge >= 0.3 is 0 Å². The fraction of sp³-hybridized carbons (Fsp3) is 0.455. The van der Waals surface area contributed by atoms with E-state index in [4.69, 9.17) is 4.43 Å². The molecule has 27 heavy (non-hydrogen) atoms. The molecule has 0 aliphatic rings. The zero-order valence-corrected chi connectivity index (χ0v) is 19.3. The molecule has 0 spiro atoms. The third-order valence-corrected chi connectivity index (χ3v) is 6.59. The van der Waals surface area contributed by atoms with Gasteiger partial charge in [0, 0.05) is 6.42 Å². The number of nitrogens with one attached hydrogen (secondary N) is 1. The molecule has 146 valence electrons. The van der Waals surface area contributed by atoms with Crippen molar-refractivity contribution >= 4 is 30.1 Å². The van der Waals surface area contributed by atoms with Gasteiger partial charge in [0.2, 0.25) is 0 Å². The van der Waals surface area contributed by atoms with Crippen molar-refractivity contribution in [3.8, 4) is 12.0 Å². The zero-order valence-electron chi connectivity index (χ0n) is 17.5. The third kappa shape index (κ3) is 6.20. The van der Waals surface area contributed by atoms with Crippen LogP contribution in [0.5, 0.6) is 0 Å². The Morgan fingerprint density at radius 3 is 2.26 bits per heavy atom. The molecule has 0 saturated carbocycles. The molecule has 0 aromatic heterocycles. The van der Waals surface area contributed by atoms with Crippen molar-refractivity contribution < 1.29 is 8.63 Å². The third-order valence-electron chi connectivity index (χ3n) is 4.13. The van der Waals surface area contributed by atoms with Gasteiger partial charge in [-0.25, -0.2) is 8.93 Å². The molecule has 0 heterocycles. The molecule has 0 amide bonds. The van der Waals surface area contributed by atoms with Gasteiger partial charge in [-0.15, -0.1) is 0 Å². The number of rotatable bonds is 5. The molecule has 0 saturated heterocycles. The molecule has 2 rings (SSSR count). The van der Waals surface area contributed by atoms with E-state index in [1.54, 1.807) is 0 Å². The lowest BCUT2D eigenvalue weighted by atomic mass is 9.88. The average Bonchev–Trinajstić information content (AvgIpc) is 2.56. The first-order chi connectivity index (χ1) is 12.4. The summed E-state index contributed by atoms with van der Waals surface area (Å²) in [6, 6.07) is 14.6. The number of benzene rings is 2. The second-order valence-corrected chi connectivity index (χ2v) is 15.4. The topological polar surface area (TPSA) is 38.3 Å². The fourth-order valence-electron chi connectivity index (χ4n) is 2.49. The summed E-state index contributed by atoms with van der Waals surface area (Å²) in [5.41, 5.74) is 0.527. The summed E-state index contributed by atoms with van der Waals surface area (Å²) in [5, 5.41) is 2.35. The summed E-state index contributed by atoms with van der Waals surface area (Å²) in [6.45, 7) is 14.3. The van der Waals surface area contributed by atoms with Gasteiger partial charge in [-0.2, -0.15) is 0 Å². The predicted molar refractivity (Wildman–Crippen MR) is 119 cm³/mol. The molecule has 5 heteroatoms. The maximum absolute atomic E-state index is 12.8. The van der Waals surface area contributed by atoms with Crippen LogP contribution in [0.3, 0.4) is 0 Å². The van der Waals surface area contributed by atoms with Crippen LogP contribution in [0.4, 0.5) is 0 Å². The van der Waals surface area contributed by atoms with Crippen LogP contribution in [0.15, 0.2) is 42.5 Å². The lowest BCUT2D eigenvalue weighted by Crippen LogP contribution is -2.46. The monoisotopic (exact) mass is 401 g/mol. The van der Waals surface area contributed by atoms with Crippen molar-refractivity contribution in [1.82, 2.24) is 4.72 Å². The highest BCUT2D eigenvalue weighted by molar-refractivity contribution is 7.84. The maximum Gasteiger partial charge on any atom is 0.255 e. The Morgan fingerprint density at radius 2 is 1.67 bits per heavy atom. The Labute approximate surface area is 167 Å². The number of hydrogen-bond acceptors (Lipinski definition) is 2. The molecular weight excluding hydrogens is 370 g/mol. The second kappa shape index (κ2) is 8.18. The molecule has 0 aliphatic carbocycles. The van der Waals surface area contributed by atoms with Crippen LogP contribution >= 0.6 is 0 Å². The van der Waals surface area contributed by atoms with Gasteiger partial charge in [0.05, 0.1) is 27.4 Å². The molecule has 0 aliphatic heterocycles. The van der Waals surface area contributed by atoms with Crippen LogP contribution in [-0.2, 0) is 21.0 Å². The van der Waals surface area contributed by atoms with Crippen molar-refractivity contribution in [1.29, 1.82) is 0 Å². The molecule has 0 radical (unpaired) electrons. The molecule has 2 atom stereocenters. The van der Waals surface area contributed by atoms with E-state index in [1.807, 2.05) is 32.9 Å². The smallest absolute Gasteiger partial charge is 0.255 e. The molecule has 2 aromatic carbocycles. The standard InChI is InChI=1S/C22H31NO2SSi/c1-21(2,3)26(24)23-22(4,15-10-16-25-27(5,6)7)20-14-13-18-11-8-9-12-19(18)17-20/h8-9,11-14,17,23H,15H2,1-7H3. The van der Waals surface area contributed by atoms with Crippen LogP contribution in [0.25, 0.3) is 10.8 Å². The highest BCUT2D eigenvalue weighted by atomic mass is 32.2. The number of hydrogen-bond donors (Lipinski definition) is 1. The lowest BCUT2D eigenvalue weighted by molar-refractivity contribution is 0.449. The summed E-state index contributed by atoms with van der Waals surface area (Å²) in [4.78, 5) is 0. The minimum absolute atomic E-state index is 0.361. The van der Waals surface area contributed by atoms with Gasteiger partial charge in [0.15, 0.2) is 0 Å². The normalized spacial score (nSPS) is 15.5. The minimum atomic E-state index is -1.69. The van der Waals surface area contributed by atoms with Crippen molar-refractivity contribution in [2.45, 2.75) is 64.0 Å². The molecule has 1 N–H and O–H groups in total. The van der Waals surface area contributed by atoms with Gasteiger partial charge in [-0.3, -0.25) is 0 Å². The van der Waals surface area contributed by atoms with Crippen LogP contribution in [0.1, 0.15) is 39.7 Å². The molecule has 3 nitrogen and oxygen atoms in total. The molecule has 0 fully saturated rings. The first-order valence-electron chi connectivity index (χ1n) is 9.26. The highest BCUT2D eigenvalue weighted by Crippen LogP contribution is 2.29. The first kappa shape index (κ1) is 21.7. The summed E-state index contributed by atoms with van der Waals surface area (Å²) in [6.07, 6.45) is 3.38. The number of fused-ring (bicyclic) bond motifs is 1. The summed E-state index contributed by atoms with van der Waals surface area (Å²) in [7, 11) is -2.90. The Kier molecular flexibility index (Phi) is 6.57. The van der Waals surface area contributed by atoms with Gasteiger partial charge in [-0.1, -0.05) is 42.3 Å². The van der Waals surface area contributed by atoms with E-state index < -0.39 is 24.8 Å². The molecular formula is C22H31NO2SSi. The SMILES string of the molecule is CC(CC#CO[Si](C)(C)C)(NS(=O)C(C)(C)C)c1ccc2ccccc2c1. The average molecular weight is 402 g/mol. The Hall–Kier alpha value is -1.61. The van der Waals surface area contributed by atoms with E-state index in [1.165, 1.54) is 5.39 Å². The largest absolute Gasteiger partial charge is 0.501 e. The van der Waals surface area contributed by atoms with E-state index in [-0.39, 0.29) is 4.75 Å². The van der Waals surface area contributed by atoms with Crippen molar-refractivity contribution in [3.05, 3.63) is 48.0 Å². The van der Waals surface area contributed by atoms with Crippen molar-refractivity contribution in [3.63, 3.8) is 0 Å². The molecule has 0 bridgehead atoms.